The first-order valence-corrected chi connectivity index (χ1v) is 9.65. The Kier molecular flexibility index (Phi) is 7.14. The maximum absolute atomic E-state index is 10.0. The van der Waals surface area contributed by atoms with Gasteiger partial charge in [0.15, 0.2) is 11.5 Å². The molecule has 26 heavy (non-hydrogen) atoms. The van der Waals surface area contributed by atoms with Crippen LogP contribution in [-0.4, -0.2) is 61.8 Å². The van der Waals surface area contributed by atoms with Gasteiger partial charge in [-0.05, 0) is 69.8 Å². The molecular formula is C20H30N2O4. The standard InChI is InChI=1S/C20H30N2O4/c1-24-19-9-8-16(12-20(19)26-18-6-2-3-7-18)13-21-25-15-17(23)14-22-10-4-5-11-22/h8-9,12-13,17-18,23H,2-7,10-11,14-15H2,1H3/b21-13+. The summed E-state index contributed by atoms with van der Waals surface area (Å²) in [6.07, 6.45) is 8.48. The molecule has 0 amide bonds. The fourth-order valence-electron chi connectivity index (χ4n) is 3.59. The number of β-amino-alcohol motifs (C(OH)–C–C–N with tert-alkyl or cyclic N) is 1. The van der Waals surface area contributed by atoms with E-state index in [-0.39, 0.29) is 12.7 Å². The monoisotopic (exact) mass is 362 g/mol. The van der Waals surface area contributed by atoms with Crippen molar-refractivity contribution in [1.82, 2.24) is 4.90 Å². The summed E-state index contributed by atoms with van der Waals surface area (Å²) in [7, 11) is 1.65. The second-order valence-corrected chi connectivity index (χ2v) is 7.13. The van der Waals surface area contributed by atoms with Gasteiger partial charge in [0, 0.05) is 12.1 Å². The Morgan fingerprint density at radius 1 is 1.19 bits per heavy atom. The third-order valence-electron chi connectivity index (χ3n) is 4.99. The van der Waals surface area contributed by atoms with E-state index >= 15 is 0 Å². The lowest BCUT2D eigenvalue weighted by atomic mass is 10.2. The van der Waals surface area contributed by atoms with Crippen LogP contribution in [0.5, 0.6) is 11.5 Å². The molecule has 1 aromatic carbocycles. The average molecular weight is 362 g/mol. The maximum atomic E-state index is 10.0. The Morgan fingerprint density at radius 2 is 1.96 bits per heavy atom. The summed E-state index contributed by atoms with van der Waals surface area (Å²) in [5, 5.41) is 14.0. The molecule has 1 aliphatic carbocycles. The number of aliphatic hydroxyl groups is 1. The minimum absolute atomic E-state index is 0.203. The number of likely N-dealkylation sites (tertiary alicyclic amines) is 1. The highest BCUT2D eigenvalue weighted by Crippen LogP contribution is 2.32. The van der Waals surface area contributed by atoms with Crippen molar-refractivity contribution in [2.45, 2.75) is 50.7 Å². The first-order chi connectivity index (χ1) is 12.7. The average Bonchev–Trinajstić information content (AvgIpc) is 3.33. The molecule has 144 valence electrons. The van der Waals surface area contributed by atoms with E-state index in [1.54, 1.807) is 13.3 Å². The smallest absolute Gasteiger partial charge is 0.162 e. The van der Waals surface area contributed by atoms with Crippen molar-refractivity contribution in [3.8, 4) is 11.5 Å². The molecule has 3 rings (SSSR count). The van der Waals surface area contributed by atoms with Gasteiger partial charge in [-0.1, -0.05) is 5.16 Å². The fourth-order valence-corrected chi connectivity index (χ4v) is 3.59. The van der Waals surface area contributed by atoms with Gasteiger partial charge in [-0.2, -0.15) is 0 Å². The van der Waals surface area contributed by atoms with E-state index in [0.29, 0.717) is 6.54 Å². The Labute approximate surface area is 155 Å². The molecular weight excluding hydrogens is 332 g/mol. The van der Waals surface area contributed by atoms with Gasteiger partial charge in [0.1, 0.15) is 12.7 Å². The first-order valence-electron chi connectivity index (χ1n) is 9.65. The van der Waals surface area contributed by atoms with Crippen LogP contribution in [0.15, 0.2) is 23.4 Å². The highest BCUT2D eigenvalue weighted by Gasteiger charge is 2.18. The number of benzene rings is 1. The quantitative estimate of drug-likeness (QED) is 0.541. The first kappa shape index (κ1) is 19.0. The Balaban J connectivity index is 1.49. The molecule has 1 aliphatic heterocycles. The molecule has 1 atom stereocenters. The van der Waals surface area contributed by atoms with Gasteiger partial charge in [0.25, 0.3) is 0 Å². The predicted molar refractivity (Wildman–Crippen MR) is 101 cm³/mol. The summed E-state index contributed by atoms with van der Waals surface area (Å²) in [4.78, 5) is 7.52. The number of ether oxygens (including phenoxy) is 2. The molecule has 1 saturated carbocycles. The van der Waals surface area contributed by atoms with Crippen molar-refractivity contribution in [3.05, 3.63) is 23.8 Å². The Morgan fingerprint density at radius 3 is 2.69 bits per heavy atom. The van der Waals surface area contributed by atoms with Crippen LogP contribution in [0.1, 0.15) is 44.1 Å². The van der Waals surface area contributed by atoms with Crippen LogP contribution in [0.2, 0.25) is 0 Å². The highest BCUT2D eigenvalue weighted by atomic mass is 16.6. The van der Waals surface area contributed by atoms with Gasteiger partial charge in [-0.3, -0.25) is 0 Å². The van der Waals surface area contributed by atoms with Gasteiger partial charge < -0.3 is 24.3 Å². The van der Waals surface area contributed by atoms with Gasteiger partial charge in [-0.25, -0.2) is 0 Å². The number of oxime groups is 1. The third kappa shape index (κ3) is 5.61. The van der Waals surface area contributed by atoms with Crippen molar-refractivity contribution in [3.63, 3.8) is 0 Å². The van der Waals surface area contributed by atoms with E-state index < -0.39 is 6.10 Å². The highest BCUT2D eigenvalue weighted by molar-refractivity contribution is 5.80. The van der Waals surface area contributed by atoms with Gasteiger partial charge in [-0.15, -0.1) is 0 Å². The molecule has 0 spiro atoms. The Hall–Kier alpha value is -1.79. The zero-order valence-electron chi connectivity index (χ0n) is 15.6. The van der Waals surface area contributed by atoms with E-state index in [4.69, 9.17) is 14.3 Å². The van der Waals surface area contributed by atoms with Crippen molar-refractivity contribution in [2.24, 2.45) is 5.16 Å². The van der Waals surface area contributed by atoms with E-state index in [9.17, 15) is 5.11 Å². The number of aliphatic hydroxyl groups excluding tert-OH is 1. The molecule has 1 unspecified atom stereocenters. The zero-order valence-corrected chi connectivity index (χ0v) is 15.6. The predicted octanol–water partition coefficient (Wildman–Crippen LogP) is 2.82. The molecule has 0 bridgehead atoms. The van der Waals surface area contributed by atoms with Crippen LogP contribution in [0.3, 0.4) is 0 Å². The lowest BCUT2D eigenvalue weighted by Gasteiger charge is -2.18. The van der Waals surface area contributed by atoms with Crippen molar-refractivity contribution >= 4 is 6.21 Å². The van der Waals surface area contributed by atoms with Crippen LogP contribution < -0.4 is 9.47 Å². The molecule has 2 aliphatic rings. The van der Waals surface area contributed by atoms with Crippen LogP contribution in [0.4, 0.5) is 0 Å². The molecule has 0 aromatic heterocycles. The van der Waals surface area contributed by atoms with Crippen LogP contribution in [-0.2, 0) is 4.84 Å². The molecule has 1 N–H and O–H groups in total. The van der Waals surface area contributed by atoms with E-state index in [2.05, 4.69) is 10.1 Å². The topological polar surface area (TPSA) is 63.5 Å². The summed E-state index contributed by atoms with van der Waals surface area (Å²) < 4.78 is 11.5. The van der Waals surface area contributed by atoms with Crippen molar-refractivity contribution in [1.29, 1.82) is 0 Å². The lowest BCUT2D eigenvalue weighted by molar-refractivity contribution is 0.0236. The molecule has 6 heteroatoms. The van der Waals surface area contributed by atoms with E-state index in [0.717, 1.165) is 43.0 Å². The summed E-state index contributed by atoms with van der Waals surface area (Å²) in [6.45, 7) is 2.98. The summed E-state index contributed by atoms with van der Waals surface area (Å²) in [5.74, 6) is 1.48. The second-order valence-electron chi connectivity index (χ2n) is 7.13. The fraction of sp³-hybridized carbons (Fsp3) is 0.650. The van der Waals surface area contributed by atoms with E-state index in [1.807, 2.05) is 18.2 Å². The zero-order chi connectivity index (χ0) is 18.2. The summed E-state index contributed by atoms with van der Waals surface area (Å²) >= 11 is 0. The lowest BCUT2D eigenvalue weighted by Crippen LogP contribution is -2.32. The van der Waals surface area contributed by atoms with E-state index in [1.165, 1.54) is 25.7 Å². The minimum atomic E-state index is -0.512. The van der Waals surface area contributed by atoms with Gasteiger partial charge in [0.05, 0.1) is 19.4 Å². The van der Waals surface area contributed by atoms with Crippen LogP contribution >= 0.6 is 0 Å². The second kappa shape index (κ2) is 9.78. The minimum Gasteiger partial charge on any atom is -0.493 e. The Bertz CT molecular complexity index is 581. The molecule has 0 radical (unpaired) electrons. The van der Waals surface area contributed by atoms with Crippen molar-refractivity contribution < 1.29 is 19.4 Å². The molecule has 1 aromatic rings. The third-order valence-corrected chi connectivity index (χ3v) is 4.99. The largest absolute Gasteiger partial charge is 0.493 e. The van der Waals surface area contributed by atoms with Gasteiger partial charge in [0.2, 0.25) is 0 Å². The maximum Gasteiger partial charge on any atom is 0.162 e. The molecule has 1 heterocycles. The van der Waals surface area contributed by atoms with Crippen LogP contribution in [0.25, 0.3) is 0 Å². The van der Waals surface area contributed by atoms with Crippen LogP contribution in [0, 0.1) is 0 Å². The number of methoxy groups -OCH3 is 1. The summed E-state index contributed by atoms with van der Waals surface area (Å²) in [6, 6.07) is 5.71. The van der Waals surface area contributed by atoms with Crippen molar-refractivity contribution in [2.75, 3.05) is 33.4 Å². The summed E-state index contributed by atoms with van der Waals surface area (Å²) in [5.41, 5.74) is 0.882. The normalized spacial score (nSPS) is 19.9. The number of hydrogen-bond donors (Lipinski definition) is 1. The SMILES string of the molecule is COc1ccc(/C=N/OCC(O)CN2CCCC2)cc1OC1CCCC1. The number of hydrogen-bond acceptors (Lipinski definition) is 6. The molecule has 1 saturated heterocycles. The number of nitrogens with zero attached hydrogens (tertiary/aromatic N) is 2. The molecule has 2 fully saturated rings. The number of rotatable bonds is 9. The molecule has 6 nitrogen and oxygen atoms in total. The van der Waals surface area contributed by atoms with Gasteiger partial charge >= 0.3 is 0 Å².